The number of nitrogen functional groups attached to an aromatic ring is 1. The lowest BCUT2D eigenvalue weighted by Crippen LogP contribution is -2.42. The summed E-state index contributed by atoms with van der Waals surface area (Å²) in [6, 6.07) is 5.49. The number of nitrogens with zero attached hydrogens (tertiary/aromatic N) is 1. The molecule has 1 aromatic heterocycles. The highest BCUT2D eigenvalue weighted by Crippen LogP contribution is 2.27. The molecule has 0 spiro atoms. The van der Waals surface area contributed by atoms with Gasteiger partial charge in [0.15, 0.2) is 17.4 Å². The van der Waals surface area contributed by atoms with Crippen LogP contribution in [0.5, 0.6) is 5.75 Å². The molecule has 0 aliphatic rings. The molecule has 0 saturated carbocycles. The van der Waals surface area contributed by atoms with Crippen molar-refractivity contribution in [3.05, 3.63) is 87.2 Å². The maximum absolute atomic E-state index is 15.2. The van der Waals surface area contributed by atoms with E-state index in [-0.39, 0.29) is 18.3 Å². The lowest BCUT2D eigenvalue weighted by molar-refractivity contribution is -0.158. The minimum absolute atomic E-state index is 0.124. The van der Waals surface area contributed by atoms with Crippen LogP contribution in [0.3, 0.4) is 0 Å². The van der Waals surface area contributed by atoms with Gasteiger partial charge in [-0.25, -0.2) is 17.6 Å². The quantitative estimate of drug-likeness (QED) is 0.0955. The molecule has 3 aromatic rings. The Morgan fingerprint density at radius 2 is 1.56 bits per heavy atom. The minimum atomic E-state index is -1.18. The average Bonchev–Trinajstić information content (AvgIpc) is 2.91. The lowest BCUT2D eigenvalue weighted by Gasteiger charge is -2.25. The molecule has 12 heteroatoms. The van der Waals surface area contributed by atoms with Crippen LogP contribution in [0.25, 0.3) is 5.69 Å². The van der Waals surface area contributed by atoms with E-state index in [1.165, 1.54) is 0 Å². The van der Waals surface area contributed by atoms with E-state index in [0.717, 1.165) is 42.8 Å². The first-order valence-corrected chi connectivity index (χ1v) is 14.7. The topological polar surface area (TPSA) is 113 Å². The second-order valence-electron chi connectivity index (χ2n) is 12.1. The number of ether oxygens (including phenoxy) is 2. The summed E-state index contributed by atoms with van der Waals surface area (Å²) in [7, 11) is 0. The molecule has 0 amide bonds. The van der Waals surface area contributed by atoms with E-state index in [9.17, 15) is 23.2 Å². The van der Waals surface area contributed by atoms with E-state index in [1.807, 2.05) is 34.6 Å². The van der Waals surface area contributed by atoms with Crippen LogP contribution in [0.4, 0.5) is 23.4 Å². The summed E-state index contributed by atoms with van der Waals surface area (Å²) in [4.78, 5) is 38.0. The second kappa shape index (κ2) is 15.2. The standard InChI is InChI=1S/C33H39F4N3O5/c1-19(2)15-27(32(43)45-33(3,4)5)39-13-7-6-8-14-44-21-17-25(36)29(26(37)18-21)40-28(41)12-11-23(31(40)38)30(42)22-10-9-20(34)16-24(22)35/h9-12,16-19,27,39H,6-8,13-15,38H2,1-5H3/t27-/m1/s1. The van der Waals surface area contributed by atoms with Crippen molar-refractivity contribution in [2.45, 2.75) is 71.9 Å². The minimum Gasteiger partial charge on any atom is -0.493 e. The maximum atomic E-state index is 15.2. The van der Waals surface area contributed by atoms with Gasteiger partial charge in [-0.2, -0.15) is 0 Å². The number of aromatic nitrogens is 1. The fourth-order valence-corrected chi connectivity index (χ4v) is 4.61. The molecule has 0 unspecified atom stereocenters. The van der Waals surface area contributed by atoms with Crippen LogP contribution in [0.1, 0.15) is 76.2 Å². The van der Waals surface area contributed by atoms with Gasteiger partial charge in [0.05, 0.1) is 17.7 Å². The summed E-state index contributed by atoms with van der Waals surface area (Å²) in [6.07, 6.45) is 2.63. The molecule has 244 valence electrons. The van der Waals surface area contributed by atoms with Gasteiger partial charge in [-0.05, 0) is 77.1 Å². The van der Waals surface area contributed by atoms with E-state index in [2.05, 4.69) is 5.32 Å². The Kier molecular flexibility index (Phi) is 11.9. The Labute approximate surface area is 259 Å². The summed E-state index contributed by atoms with van der Waals surface area (Å²) in [5.74, 6) is -6.19. The lowest BCUT2D eigenvalue weighted by atomic mass is 10.0. The number of rotatable bonds is 14. The Hall–Kier alpha value is -4.19. The van der Waals surface area contributed by atoms with Gasteiger partial charge >= 0.3 is 5.97 Å². The van der Waals surface area contributed by atoms with E-state index in [1.54, 1.807) is 0 Å². The first-order valence-electron chi connectivity index (χ1n) is 14.7. The van der Waals surface area contributed by atoms with Crippen LogP contribution >= 0.6 is 0 Å². The highest BCUT2D eigenvalue weighted by atomic mass is 19.1. The van der Waals surface area contributed by atoms with Crippen molar-refractivity contribution in [2.75, 3.05) is 18.9 Å². The van der Waals surface area contributed by atoms with E-state index >= 15 is 8.78 Å². The Balaban J connectivity index is 1.63. The first-order chi connectivity index (χ1) is 21.1. The third-order valence-corrected chi connectivity index (χ3v) is 6.64. The Morgan fingerprint density at radius 3 is 2.16 bits per heavy atom. The third-order valence-electron chi connectivity index (χ3n) is 6.64. The Morgan fingerprint density at radius 1 is 0.911 bits per heavy atom. The van der Waals surface area contributed by atoms with Gasteiger partial charge in [0.25, 0.3) is 5.56 Å². The van der Waals surface area contributed by atoms with Gasteiger partial charge in [0.2, 0.25) is 0 Å². The number of nitrogens with two attached hydrogens (primary N) is 1. The largest absolute Gasteiger partial charge is 0.493 e. The summed E-state index contributed by atoms with van der Waals surface area (Å²) >= 11 is 0. The number of anilines is 1. The van der Waals surface area contributed by atoms with Gasteiger partial charge in [0.1, 0.15) is 40.5 Å². The van der Waals surface area contributed by atoms with Gasteiger partial charge in [-0.1, -0.05) is 13.8 Å². The molecule has 0 bridgehead atoms. The molecule has 3 N–H and O–H groups in total. The zero-order chi connectivity index (χ0) is 33.5. The van der Waals surface area contributed by atoms with Crippen LogP contribution in [0.15, 0.2) is 47.3 Å². The van der Waals surface area contributed by atoms with E-state index in [4.69, 9.17) is 15.2 Å². The number of esters is 1. The predicted octanol–water partition coefficient (Wildman–Crippen LogP) is 6.10. The molecule has 0 aliphatic carbocycles. The number of halogens is 4. The molecule has 0 aliphatic heterocycles. The zero-order valence-corrected chi connectivity index (χ0v) is 26.0. The van der Waals surface area contributed by atoms with Gasteiger partial charge in [-0.15, -0.1) is 0 Å². The summed E-state index contributed by atoms with van der Waals surface area (Å²) in [5.41, 5.74) is 2.68. The number of nitrogens with one attached hydrogen (secondary N) is 1. The number of unbranched alkanes of at least 4 members (excludes halogenated alkanes) is 2. The number of carbonyl (C=O) groups is 2. The predicted molar refractivity (Wildman–Crippen MR) is 163 cm³/mol. The molecule has 0 radical (unpaired) electrons. The van der Waals surface area contributed by atoms with E-state index < -0.39 is 68.9 Å². The normalized spacial score (nSPS) is 12.3. The summed E-state index contributed by atoms with van der Waals surface area (Å²) in [6.45, 7) is 10.2. The average molecular weight is 634 g/mol. The van der Waals surface area contributed by atoms with Crippen molar-refractivity contribution in [2.24, 2.45) is 5.92 Å². The highest BCUT2D eigenvalue weighted by molar-refractivity contribution is 6.11. The molecular weight excluding hydrogens is 594 g/mol. The van der Waals surface area contributed by atoms with Crippen LogP contribution in [0, 0.1) is 29.2 Å². The fraction of sp³-hybridized carbons (Fsp3) is 0.424. The van der Waals surface area contributed by atoms with Gasteiger partial charge in [0, 0.05) is 24.3 Å². The van der Waals surface area contributed by atoms with Crippen LogP contribution in [-0.4, -0.2) is 41.1 Å². The van der Waals surface area contributed by atoms with Crippen molar-refractivity contribution in [3.63, 3.8) is 0 Å². The van der Waals surface area contributed by atoms with Gasteiger partial charge < -0.3 is 20.5 Å². The summed E-state index contributed by atoms with van der Waals surface area (Å²) < 4.78 is 69.3. The fourth-order valence-electron chi connectivity index (χ4n) is 4.61. The number of benzene rings is 2. The highest BCUT2D eigenvalue weighted by Gasteiger charge is 2.26. The van der Waals surface area contributed by atoms with Crippen molar-refractivity contribution < 1.29 is 36.6 Å². The van der Waals surface area contributed by atoms with Crippen LogP contribution in [0.2, 0.25) is 0 Å². The molecule has 2 aromatic carbocycles. The van der Waals surface area contributed by atoms with Crippen molar-refractivity contribution >= 4 is 17.6 Å². The monoisotopic (exact) mass is 633 g/mol. The van der Waals surface area contributed by atoms with Crippen LogP contribution in [-0.2, 0) is 9.53 Å². The van der Waals surface area contributed by atoms with Gasteiger partial charge in [-0.3, -0.25) is 19.0 Å². The number of hydrogen-bond acceptors (Lipinski definition) is 7. The second-order valence-corrected chi connectivity index (χ2v) is 12.1. The number of pyridine rings is 1. The van der Waals surface area contributed by atoms with Crippen molar-refractivity contribution in [3.8, 4) is 11.4 Å². The van der Waals surface area contributed by atoms with Crippen molar-refractivity contribution in [1.29, 1.82) is 0 Å². The van der Waals surface area contributed by atoms with Crippen molar-refractivity contribution in [1.82, 2.24) is 9.88 Å². The van der Waals surface area contributed by atoms with E-state index in [0.29, 0.717) is 42.4 Å². The maximum Gasteiger partial charge on any atom is 0.323 e. The third kappa shape index (κ3) is 9.65. The molecule has 8 nitrogen and oxygen atoms in total. The number of carbonyl (C=O) groups excluding carboxylic acids is 2. The Bertz CT molecular complexity index is 1560. The molecule has 0 fully saturated rings. The number of ketones is 1. The SMILES string of the molecule is CC(C)C[C@@H](NCCCCCOc1cc(F)c(-n2c(N)c(C(=O)c3ccc(F)cc3F)ccc2=O)c(F)c1)C(=O)OC(C)(C)C. The first kappa shape index (κ1) is 35.3. The zero-order valence-electron chi connectivity index (χ0n) is 26.0. The molecule has 1 heterocycles. The molecule has 45 heavy (non-hydrogen) atoms. The summed E-state index contributed by atoms with van der Waals surface area (Å²) in [5, 5.41) is 3.25. The molecular formula is C33H39F4N3O5. The molecule has 1 atom stereocenters. The molecule has 3 rings (SSSR count). The number of hydrogen-bond donors (Lipinski definition) is 2. The molecule has 0 saturated heterocycles. The smallest absolute Gasteiger partial charge is 0.323 e. The van der Waals surface area contributed by atoms with Crippen LogP contribution < -0.4 is 21.3 Å².